The third kappa shape index (κ3) is 4.57. The molecule has 0 atom stereocenters. The lowest BCUT2D eigenvalue weighted by Gasteiger charge is -2.51. The average Bonchev–Trinajstić information content (AvgIpc) is 2.41. The van der Waals surface area contributed by atoms with E-state index in [1.54, 1.807) is 0 Å². The molecule has 1 fully saturated rings. The SMILES string of the molecule is CC(=O)NC1(C(=O)OCc2ccccc2)CC(C)(C)NC(C)(C)C1. The minimum atomic E-state index is -1.02. The second kappa shape index (κ2) is 6.55. The summed E-state index contributed by atoms with van der Waals surface area (Å²) < 4.78 is 5.58. The van der Waals surface area contributed by atoms with E-state index in [-0.39, 0.29) is 29.6 Å². The predicted molar refractivity (Wildman–Crippen MR) is 93.3 cm³/mol. The molecule has 5 nitrogen and oxygen atoms in total. The molecule has 1 aromatic rings. The van der Waals surface area contributed by atoms with Crippen molar-refractivity contribution in [3.8, 4) is 0 Å². The molecule has 1 heterocycles. The first-order valence-electron chi connectivity index (χ1n) is 8.33. The van der Waals surface area contributed by atoms with Gasteiger partial charge in [0.05, 0.1) is 0 Å². The first-order valence-corrected chi connectivity index (χ1v) is 8.33. The van der Waals surface area contributed by atoms with Crippen molar-refractivity contribution in [2.24, 2.45) is 0 Å². The lowest BCUT2D eigenvalue weighted by molar-refractivity contribution is -0.159. The lowest BCUT2D eigenvalue weighted by atomic mass is 9.70. The van der Waals surface area contributed by atoms with Crippen LogP contribution in [-0.4, -0.2) is 28.5 Å². The highest BCUT2D eigenvalue weighted by molar-refractivity contribution is 5.87. The molecule has 1 aliphatic rings. The van der Waals surface area contributed by atoms with Crippen molar-refractivity contribution in [3.63, 3.8) is 0 Å². The summed E-state index contributed by atoms with van der Waals surface area (Å²) in [5.41, 5.74) is -0.679. The molecule has 0 aromatic heterocycles. The first-order chi connectivity index (χ1) is 11.0. The highest BCUT2D eigenvalue weighted by atomic mass is 16.5. The zero-order valence-electron chi connectivity index (χ0n) is 15.2. The van der Waals surface area contributed by atoms with E-state index in [2.05, 4.69) is 10.6 Å². The Morgan fingerprint density at radius 2 is 1.62 bits per heavy atom. The maximum atomic E-state index is 12.9. The van der Waals surface area contributed by atoms with Crippen molar-refractivity contribution in [3.05, 3.63) is 35.9 Å². The van der Waals surface area contributed by atoms with E-state index in [1.165, 1.54) is 6.92 Å². The van der Waals surface area contributed by atoms with Crippen LogP contribution in [-0.2, 0) is 20.9 Å². The second-order valence-corrected chi connectivity index (χ2v) is 8.07. The van der Waals surface area contributed by atoms with Crippen LogP contribution in [0.1, 0.15) is 53.0 Å². The topological polar surface area (TPSA) is 67.4 Å². The quantitative estimate of drug-likeness (QED) is 0.832. The van der Waals surface area contributed by atoms with Crippen LogP contribution >= 0.6 is 0 Å². The van der Waals surface area contributed by atoms with E-state index in [9.17, 15) is 9.59 Å². The summed E-state index contributed by atoms with van der Waals surface area (Å²) in [6.45, 7) is 9.79. The summed E-state index contributed by atoms with van der Waals surface area (Å²) in [6, 6.07) is 9.55. The smallest absolute Gasteiger partial charge is 0.332 e. The molecule has 24 heavy (non-hydrogen) atoms. The Kier molecular flexibility index (Phi) is 5.04. The molecule has 5 heteroatoms. The molecule has 0 aliphatic carbocycles. The van der Waals surface area contributed by atoms with Crippen LogP contribution in [0.2, 0.25) is 0 Å². The van der Waals surface area contributed by atoms with E-state index in [0.717, 1.165) is 5.56 Å². The Balaban J connectivity index is 2.23. The highest BCUT2D eigenvalue weighted by Gasteiger charge is 2.53. The van der Waals surface area contributed by atoms with Crippen LogP contribution in [0, 0.1) is 0 Å². The third-order valence-electron chi connectivity index (χ3n) is 4.18. The van der Waals surface area contributed by atoms with E-state index in [4.69, 9.17) is 4.74 Å². The molecule has 1 aromatic carbocycles. The van der Waals surface area contributed by atoms with Gasteiger partial charge in [0.25, 0.3) is 0 Å². The van der Waals surface area contributed by atoms with Crippen molar-refractivity contribution in [1.29, 1.82) is 0 Å². The number of nitrogens with one attached hydrogen (secondary N) is 2. The van der Waals surface area contributed by atoms with Gasteiger partial charge in [-0.15, -0.1) is 0 Å². The molecule has 0 spiro atoms. The summed E-state index contributed by atoms with van der Waals surface area (Å²) in [4.78, 5) is 24.7. The number of carbonyl (C=O) groups excluding carboxylic acids is 2. The number of piperidine rings is 1. The summed E-state index contributed by atoms with van der Waals surface area (Å²) in [6.07, 6.45) is 0.966. The predicted octanol–water partition coefficient (Wildman–Crippen LogP) is 2.55. The molecule has 0 radical (unpaired) electrons. The molecule has 2 N–H and O–H groups in total. The Morgan fingerprint density at radius 3 is 2.12 bits per heavy atom. The molecule has 132 valence electrons. The van der Waals surface area contributed by atoms with Gasteiger partial charge in [0.1, 0.15) is 12.1 Å². The summed E-state index contributed by atoms with van der Waals surface area (Å²) in [7, 11) is 0. The van der Waals surface area contributed by atoms with Crippen molar-refractivity contribution in [2.45, 2.75) is 70.7 Å². The normalized spacial score (nSPS) is 20.9. The highest BCUT2D eigenvalue weighted by Crippen LogP contribution is 2.37. The van der Waals surface area contributed by atoms with Crippen LogP contribution in [0.3, 0.4) is 0 Å². The minimum absolute atomic E-state index is 0.204. The van der Waals surface area contributed by atoms with Crippen LogP contribution in [0.5, 0.6) is 0 Å². The standard InChI is InChI=1S/C19H28N2O3/c1-14(22)20-19(12-17(2,3)21-18(4,5)13-19)16(23)24-11-15-9-7-6-8-10-15/h6-10,21H,11-13H2,1-5H3,(H,20,22). The number of hydrogen-bond donors (Lipinski definition) is 2. The minimum Gasteiger partial charge on any atom is -0.459 e. The third-order valence-corrected chi connectivity index (χ3v) is 4.18. The van der Waals surface area contributed by atoms with Gasteiger partial charge in [0, 0.05) is 18.0 Å². The Hall–Kier alpha value is -1.88. The number of hydrogen-bond acceptors (Lipinski definition) is 4. The van der Waals surface area contributed by atoms with Crippen LogP contribution < -0.4 is 10.6 Å². The maximum absolute atomic E-state index is 12.9. The van der Waals surface area contributed by atoms with Crippen molar-refractivity contribution in [1.82, 2.24) is 10.6 Å². The van der Waals surface area contributed by atoms with Gasteiger partial charge in [0.2, 0.25) is 5.91 Å². The number of carbonyl (C=O) groups is 2. The lowest BCUT2D eigenvalue weighted by Crippen LogP contribution is -2.70. The van der Waals surface area contributed by atoms with Crippen LogP contribution in [0.25, 0.3) is 0 Å². The Labute approximate surface area is 144 Å². The van der Waals surface area contributed by atoms with Crippen LogP contribution in [0.4, 0.5) is 0 Å². The summed E-state index contributed by atoms with van der Waals surface area (Å²) >= 11 is 0. The van der Waals surface area contributed by atoms with Gasteiger partial charge in [-0.3, -0.25) is 4.79 Å². The molecular weight excluding hydrogens is 304 g/mol. The fourth-order valence-corrected chi connectivity index (χ4v) is 4.06. The monoisotopic (exact) mass is 332 g/mol. The molecule has 1 saturated heterocycles. The Bertz CT molecular complexity index is 592. The van der Waals surface area contributed by atoms with E-state index in [1.807, 2.05) is 58.0 Å². The number of benzene rings is 1. The largest absolute Gasteiger partial charge is 0.459 e. The molecular formula is C19H28N2O3. The van der Waals surface area contributed by atoms with Crippen molar-refractivity contribution >= 4 is 11.9 Å². The Morgan fingerprint density at radius 1 is 1.08 bits per heavy atom. The van der Waals surface area contributed by atoms with Crippen molar-refractivity contribution in [2.75, 3.05) is 0 Å². The van der Waals surface area contributed by atoms with Gasteiger partial charge in [-0.1, -0.05) is 30.3 Å². The molecule has 1 amide bonds. The van der Waals surface area contributed by atoms with E-state index in [0.29, 0.717) is 12.8 Å². The summed E-state index contributed by atoms with van der Waals surface area (Å²) in [5.74, 6) is -0.593. The maximum Gasteiger partial charge on any atom is 0.332 e. The van der Waals surface area contributed by atoms with E-state index < -0.39 is 5.54 Å². The zero-order chi connectivity index (χ0) is 18.0. The molecule has 1 aliphatic heterocycles. The second-order valence-electron chi connectivity index (χ2n) is 8.07. The van der Waals surface area contributed by atoms with Gasteiger partial charge < -0.3 is 15.4 Å². The first kappa shape index (κ1) is 18.5. The van der Waals surface area contributed by atoms with E-state index >= 15 is 0 Å². The van der Waals surface area contributed by atoms with Crippen LogP contribution in [0.15, 0.2) is 30.3 Å². The van der Waals surface area contributed by atoms with Crippen molar-refractivity contribution < 1.29 is 14.3 Å². The van der Waals surface area contributed by atoms with Gasteiger partial charge in [-0.2, -0.15) is 0 Å². The molecule has 0 unspecified atom stereocenters. The van der Waals surface area contributed by atoms with Gasteiger partial charge in [-0.25, -0.2) is 4.79 Å². The fourth-order valence-electron chi connectivity index (χ4n) is 4.06. The van der Waals surface area contributed by atoms with Gasteiger partial charge in [0.15, 0.2) is 0 Å². The average molecular weight is 332 g/mol. The fraction of sp³-hybridized carbons (Fsp3) is 0.579. The van der Waals surface area contributed by atoms with Gasteiger partial charge >= 0.3 is 5.97 Å². The molecule has 0 saturated carbocycles. The number of amides is 1. The summed E-state index contributed by atoms with van der Waals surface area (Å²) in [5, 5.41) is 6.42. The molecule has 0 bridgehead atoms. The number of ether oxygens (including phenoxy) is 1. The number of rotatable bonds is 4. The van der Waals surface area contributed by atoms with Gasteiger partial charge in [-0.05, 0) is 46.1 Å². The zero-order valence-corrected chi connectivity index (χ0v) is 15.2. The number of esters is 1. The molecule has 2 rings (SSSR count).